The summed E-state index contributed by atoms with van der Waals surface area (Å²) >= 11 is 0. The molecule has 1 aliphatic rings. The Morgan fingerprint density at radius 2 is 1.92 bits per heavy atom. The van der Waals surface area contributed by atoms with Crippen molar-refractivity contribution >= 4 is 19.7 Å². The summed E-state index contributed by atoms with van der Waals surface area (Å²) in [5, 5.41) is 9.42. The quantitative estimate of drug-likeness (QED) is 0.713. The first-order valence-corrected chi connectivity index (χ1v) is 6.57. The number of aliphatic hydroxyl groups excluding tert-OH is 1. The van der Waals surface area contributed by atoms with Crippen LogP contribution in [0.15, 0.2) is 0 Å². The molecule has 0 aromatic rings. The van der Waals surface area contributed by atoms with E-state index in [1.165, 1.54) is 0 Å². The van der Waals surface area contributed by atoms with Gasteiger partial charge in [0.15, 0.2) is 0 Å². The van der Waals surface area contributed by atoms with Gasteiger partial charge < -0.3 is 5.11 Å². The Morgan fingerprint density at radius 1 is 1.42 bits per heavy atom. The van der Waals surface area contributed by atoms with Crippen molar-refractivity contribution in [3.63, 3.8) is 0 Å². The molecule has 1 unspecified atom stereocenters. The van der Waals surface area contributed by atoms with Gasteiger partial charge in [-0.15, -0.1) is 0 Å². The molecule has 5 heteroatoms. The van der Waals surface area contributed by atoms with Crippen LogP contribution in [0.5, 0.6) is 0 Å². The van der Waals surface area contributed by atoms with Crippen LogP contribution in [-0.2, 0) is 9.05 Å². The zero-order valence-corrected chi connectivity index (χ0v) is 8.31. The fourth-order valence-electron chi connectivity index (χ4n) is 1.68. The Morgan fingerprint density at radius 3 is 2.33 bits per heavy atom. The molecule has 0 radical (unpaired) electrons. The minimum atomic E-state index is -3.54. The van der Waals surface area contributed by atoms with E-state index < -0.39 is 15.2 Å². The lowest BCUT2D eigenvalue weighted by Crippen LogP contribution is -2.25. The van der Waals surface area contributed by atoms with E-state index in [0.29, 0.717) is 0 Å². The molecule has 0 spiro atoms. The lowest BCUT2D eigenvalue weighted by Gasteiger charge is -2.15. The highest BCUT2D eigenvalue weighted by Gasteiger charge is 2.26. The Labute approximate surface area is 77.1 Å². The van der Waals surface area contributed by atoms with Gasteiger partial charge in [0.2, 0.25) is 9.05 Å². The van der Waals surface area contributed by atoms with E-state index in [1.807, 2.05) is 0 Å². The highest BCUT2D eigenvalue weighted by atomic mass is 35.7. The first-order valence-electron chi connectivity index (χ1n) is 4.09. The molecule has 0 bridgehead atoms. The third kappa shape index (κ3) is 3.29. The number of rotatable bonds is 3. The summed E-state index contributed by atoms with van der Waals surface area (Å²) in [6, 6.07) is 0. The predicted octanol–water partition coefficient (Wildman–Crippen LogP) is 1.11. The highest BCUT2D eigenvalue weighted by molar-refractivity contribution is 8.13. The third-order valence-corrected chi connectivity index (χ3v) is 3.43. The minimum absolute atomic E-state index is 0.138. The predicted molar refractivity (Wildman–Crippen MR) is 47.6 cm³/mol. The topological polar surface area (TPSA) is 54.4 Å². The highest BCUT2D eigenvalue weighted by Crippen LogP contribution is 2.28. The van der Waals surface area contributed by atoms with Gasteiger partial charge in [-0.05, 0) is 18.8 Å². The molecule has 3 nitrogen and oxygen atoms in total. The molecular formula is C7H13ClO3S. The standard InChI is InChI=1S/C7H13ClO3S/c8-12(10,11)5-7(9)6-3-1-2-4-6/h6-7,9H,1-5H2. The zero-order chi connectivity index (χ0) is 9.19. The molecule has 0 saturated heterocycles. The molecule has 1 fully saturated rings. The van der Waals surface area contributed by atoms with Gasteiger partial charge in [0.1, 0.15) is 0 Å². The molecule has 0 aromatic heterocycles. The Kier molecular flexibility index (Phi) is 3.37. The molecule has 72 valence electrons. The molecule has 1 atom stereocenters. The second-order valence-electron chi connectivity index (χ2n) is 3.32. The van der Waals surface area contributed by atoms with Gasteiger partial charge in [0.05, 0.1) is 11.9 Å². The van der Waals surface area contributed by atoms with Crippen molar-refractivity contribution in [3.05, 3.63) is 0 Å². The van der Waals surface area contributed by atoms with E-state index in [9.17, 15) is 13.5 Å². The van der Waals surface area contributed by atoms with Crippen LogP contribution >= 0.6 is 10.7 Å². The van der Waals surface area contributed by atoms with E-state index >= 15 is 0 Å². The SMILES string of the molecule is O=S(=O)(Cl)CC(O)C1CCCC1. The summed E-state index contributed by atoms with van der Waals surface area (Å²) in [4.78, 5) is 0. The van der Waals surface area contributed by atoms with Crippen LogP contribution in [0.2, 0.25) is 0 Å². The second kappa shape index (κ2) is 3.94. The van der Waals surface area contributed by atoms with E-state index in [2.05, 4.69) is 0 Å². The van der Waals surface area contributed by atoms with Crippen molar-refractivity contribution < 1.29 is 13.5 Å². The first kappa shape index (κ1) is 10.3. The normalized spacial score (nSPS) is 22.8. The van der Waals surface area contributed by atoms with Gasteiger partial charge in [-0.2, -0.15) is 0 Å². The second-order valence-corrected chi connectivity index (χ2v) is 6.14. The smallest absolute Gasteiger partial charge is 0.235 e. The summed E-state index contributed by atoms with van der Waals surface area (Å²) in [5.41, 5.74) is 0. The van der Waals surface area contributed by atoms with Crippen LogP contribution in [0, 0.1) is 5.92 Å². The van der Waals surface area contributed by atoms with Gasteiger partial charge in [0.25, 0.3) is 0 Å². The maximum Gasteiger partial charge on any atom is 0.235 e. The minimum Gasteiger partial charge on any atom is -0.392 e. The molecule has 0 amide bonds. The van der Waals surface area contributed by atoms with Gasteiger partial charge in [-0.3, -0.25) is 0 Å². The molecule has 1 N–H and O–H groups in total. The maximum atomic E-state index is 10.6. The van der Waals surface area contributed by atoms with E-state index in [-0.39, 0.29) is 11.7 Å². The van der Waals surface area contributed by atoms with Crippen LogP contribution in [-0.4, -0.2) is 25.4 Å². The number of hydrogen-bond donors (Lipinski definition) is 1. The van der Waals surface area contributed by atoms with E-state index in [1.54, 1.807) is 0 Å². The molecule has 1 saturated carbocycles. The van der Waals surface area contributed by atoms with Gasteiger partial charge in [-0.25, -0.2) is 8.42 Å². The summed E-state index contributed by atoms with van der Waals surface area (Å²) in [6.45, 7) is 0. The zero-order valence-electron chi connectivity index (χ0n) is 6.74. The molecular weight excluding hydrogens is 200 g/mol. The van der Waals surface area contributed by atoms with Crippen molar-refractivity contribution in [3.8, 4) is 0 Å². The largest absolute Gasteiger partial charge is 0.392 e. The Bertz CT molecular complexity index is 231. The number of halogens is 1. The fourth-order valence-corrected chi connectivity index (χ4v) is 2.75. The van der Waals surface area contributed by atoms with Crippen LogP contribution < -0.4 is 0 Å². The summed E-state index contributed by atoms with van der Waals surface area (Å²) < 4.78 is 21.2. The van der Waals surface area contributed by atoms with Crippen LogP contribution in [0.4, 0.5) is 0 Å². The molecule has 0 aliphatic heterocycles. The van der Waals surface area contributed by atoms with Crippen molar-refractivity contribution in [2.75, 3.05) is 5.75 Å². The molecule has 0 aromatic carbocycles. The van der Waals surface area contributed by atoms with Crippen molar-refractivity contribution in [2.45, 2.75) is 31.8 Å². The maximum absolute atomic E-state index is 10.6. The summed E-state index contributed by atoms with van der Waals surface area (Å²) in [7, 11) is 1.48. The number of hydrogen-bond acceptors (Lipinski definition) is 3. The van der Waals surface area contributed by atoms with Gasteiger partial charge >= 0.3 is 0 Å². The molecule has 0 heterocycles. The Balaban J connectivity index is 2.42. The van der Waals surface area contributed by atoms with Crippen LogP contribution in [0.25, 0.3) is 0 Å². The lowest BCUT2D eigenvalue weighted by molar-refractivity contribution is 0.132. The fraction of sp³-hybridized carbons (Fsp3) is 1.00. The van der Waals surface area contributed by atoms with Crippen molar-refractivity contribution in [1.82, 2.24) is 0 Å². The van der Waals surface area contributed by atoms with Gasteiger partial charge in [0, 0.05) is 10.7 Å². The average molecular weight is 213 g/mol. The Hall–Kier alpha value is 0.200. The van der Waals surface area contributed by atoms with Crippen LogP contribution in [0.1, 0.15) is 25.7 Å². The van der Waals surface area contributed by atoms with E-state index in [0.717, 1.165) is 25.7 Å². The van der Waals surface area contributed by atoms with Crippen molar-refractivity contribution in [1.29, 1.82) is 0 Å². The average Bonchev–Trinajstić information content (AvgIpc) is 2.32. The summed E-state index contributed by atoms with van der Waals surface area (Å²) in [6.07, 6.45) is 3.25. The molecule has 1 rings (SSSR count). The van der Waals surface area contributed by atoms with Gasteiger partial charge in [-0.1, -0.05) is 12.8 Å². The monoisotopic (exact) mass is 212 g/mol. The molecule has 1 aliphatic carbocycles. The molecule has 12 heavy (non-hydrogen) atoms. The number of aliphatic hydroxyl groups is 1. The lowest BCUT2D eigenvalue weighted by atomic mass is 10.0. The third-order valence-electron chi connectivity index (χ3n) is 2.31. The first-order chi connectivity index (χ1) is 5.49. The summed E-state index contributed by atoms with van der Waals surface area (Å²) in [5.74, 6) is -0.169. The van der Waals surface area contributed by atoms with Crippen molar-refractivity contribution in [2.24, 2.45) is 5.92 Å². The van der Waals surface area contributed by atoms with Crippen LogP contribution in [0.3, 0.4) is 0 Å². The van der Waals surface area contributed by atoms with E-state index in [4.69, 9.17) is 10.7 Å².